The SMILES string of the molecule is O=C(O)COc1ccc(SCCCc2ccc(-c3ccc(CCCSc4ccc(CC(=O)O)c(Cl)c4)cc3)cc2)cc1Cl. The number of ether oxygens (including phenoxy) is 1. The average Bonchev–Trinajstić information content (AvgIpc) is 2.99. The molecule has 4 aromatic carbocycles. The number of hydrogen-bond donors (Lipinski definition) is 2. The molecule has 4 rings (SSSR count). The Morgan fingerprint density at radius 2 is 1.16 bits per heavy atom. The summed E-state index contributed by atoms with van der Waals surface area (Å²) in [5, 5.41) is 18.6. The molecule has 0 saturated heterocycles. The van der Waals surface area contributed by atoms with Gasteiger partial charge < -0.3 is 14.9 Å². The minimum absolute atomic E-state index is 0.0614. The molecule has 0 heterocycles. The molecule has 9 heteroatoms. The number of thioether (sulfide) groups is 2. The Balaban J connectivity index is 1.17. The maximum absolute atomic E-state index is 10.9. The van der Waals surface area contributed by atoms with Gasteiger partial charge in [-0.15, -0.1) is 23.5 Å². The minimum Gasteiger partial charge on any atom is -0.481 e. The van der Waals surface area contributed by atoms with Crippen LogP contribution in [0.4, 0.5) is 0 Å². The quantitative estimate of drug-likeness (QED) is 0.0920. The van der Waals surface area contributed by atoms with Gasteiger partial charge in [0, 0.05) is 14.8 Å². The molecule has 5 nitrogen and oxygen atoms in total. The van der Waals surface area contributed by atoms with Crippen LogP contribution >= 0.6 is 46.7 Å². The van der Waals surface area contributed by atoms with Crippen molar-refractivity contribution in [2.24, 2.45) is 0 Å². The van der Waals surface area contributed by atoms with Crippen LogP contribution in [0.15, 0.2) is 94.7 Å². The summed E-state index contributed by atoms with van der Waals surface area (Å²) in [5.41, 5.74) is 5.64. The molecule has 0 fully saturated rings. The van der Waals surface area contributed by atoms with Crippen molar-refractivity contribution in [2.45, 2.75) is 41.9 Å². The molecular weight excluding hydrogens is 623 g/mol. The standard InChI is InChI=1S/C34H32Cl2O5S2/c35-30-20-28(14-13-27(30)19-33(37)38)42-17-1-3-23-5-9-25(10-6-23)26-11-7-24(8-12-26)4-2-18-43-29-15-16-32(31(36)21-29)41-22-34(39)40/h5-16,20-21H,1-4,17-19,22H2,(H,37,38)(H,39,40). The molecule has 0 aliphatic heterocycles. The normalized spacial score (nSPS) is 10.9. The molecule has 2 N–H and O–H groups in total. The van der Waals surface area contributed by atoms with E-state index in [0.29, 0.717) is 21.4 Å². The van der Waals surface area contributed by atoms with E-state index in [4.69, 9.17) is 38.2 Å². The predicted octanol–water partition coefficient (Wildman–Crippen LogP) is 9.20. The zero-order valence-corrected chi connectivity index (χ0v) is 26.6. The smallest absolute Gasteiger partial charge is 0.341 e. The fraction of sp³-hybridized carbons (Fsp3) is 0.235. The van der Waals surface area contributed by atoms with Gasteiger partial charge >= 0.3 is 11.9 Å². The zero-order chi connectivity index (χ0) is 30.6. The first-order valence-corrected chi connectivity index (χ1v) is 16.6. The van der Waals surface area contributed by atoms with Gasteiger partial charge in [0.25, 0.3) is 0 Å². The summed E-state index contributed by atoms with van der Waals surface area (Å²) in [6.45, 7) is -0.413. The first-order chi connectivity index (χ1) is 20.8. The Hall–Kier alpha value is -3.10. The third-order valence-corrected chi connectivity index (χ3v) is 9.43. The molecule has 0 aliphatic rings. The van der Waals surface area contributed by atoms with Crippen molar-refractivity contribution in [3.8, 4) is 16.9 Å². The number of benzene rings is 4. The van der Waals surface area contributed by atoms with Crippen LogP contribution in [0.3, 0.4) is 0 Å². The Morgan fingerprint density at radius 1 is 0.651 bits per heavy atom. The molecule has 0 aromatic heterocycles. The third-order valence-electron chi connectivity index (χ3n) is 6.62. The van der Waals surface area contributed by atoms with Crippen LogP contribution in [0.2, 0.25) is 10.0 Å². The van der Waals surface area contributed by atoms with E-state index in [0.717, 1.165) is 47.0 Å². The van der Waals surface area contributed by atoms with Crippen molar-refractivity contribution in [3.63, 3.8) is 0 Å². The van der Waals surface area contributed by atoms with Gasteiger partial charge in [0.1, 0.15) is 5.75 Å². The molecule has 224 valence electrons. The van der Waals surface area contributed by atoms with Gasteiger partial charge in [-0.05, 0) is 95.3 Å². The Kier molecular flexibility index (Phi) is 12.7. The number of aliphatic carboxylic acids is 2. The number of halogens is 2. The van der Waals surface area contributed by atoms with E-state index in [1.54, 1.807) is 35.7 Å². The van der Waals surface area contributed by atoms with E-state index < -0.39 is 18.5 Å². The number of rotatable bonds is 16. The highest BCUT2D eigenvalue weighted by atomic mass is 35.5. The van der Waals surface area contributed by atoms with Gasteiger partial charge in [-0.25, -0.2) is 4.79 Å². The molecule has 0 radical (unpaired) electrons. The van der Waals surface area contributed by atoms with Gasteiger partial charge in [0.2, 0.25) is 0 Å². The summed E-state index contributed by atoms with van der Waals surface area (Å²) in [5.74, 6) is 0.364. The van der Waals surface area contributed by atoms with Crippen molar-refractivity contribution in [1.82, 2.24) is 0 Å². The summed E-state index contributed by atoms with van der Waals surface area (Å²) in [4.78, 5) is 23.7. The molecule has 0 unspecified atom stereocenters. The second-order valence-corrected chi connectivity index (χ2v) is 13.0. The molecule has 0 atom stereocenters. The van der Waals surface area contributed by atoms with Crippen molar-refractivity contribution >= 4 is 58.7 Å². The molecule has 0 spiro atoms. The Bertz CT molecular complexity index is 1530. The maximum Gasteiger partial charge on any atom is 0.341 e. The van der Waals surface area contributed by atoms with Crippen molar-refractivity contribution in [2.75, 3.05) is 18.1 Å². The molecule has 0 bridgehead atoms. The zero-order valence-electron chi connectivity index (χ0n) is 23.4. The molecule has 0 saturated carbocycles. The second-order valence-electron chi connectivity index (χ2n) is 9.90. The summed E-state index contributed by atoms with van der Waals surface area (Å²) < 4.78 is 5.17. The van der Waals surface area contributed by atoms with E-state index in [2.05, 4.69) is 48.5 Å². The van der Waals surface area contributed by atoms with E-state index >= 15 is 0 Å². The van der Waals surface area contributed by atoms with Crippen LogP contribution in [0.1, 0.15) is 29.5 Å². The lowest BCUT2D eigenvalue weighted by Crippen LogP contribution is -2.09. The number of carbonyl (C=O) groups is 2. The monoisotopic (exact) mass is 654 g/mol. The highest BCUT2D eigenvalue weighted by molar-refractivity contribution is 7.99. The lowest BCUT2D eigenvalue weighted by atomic mass is 10.0. The van der Waals surface area contributed by atoms with E-state index in [9.17, 15) is 9.59 Å². The fourth-order valence-electron chi connectivity index (χ4n) is 4.41. The van der Waals surface area contributed by atoms with Gasteiger partial charge in [-0.2, -0.15) is 0 Å². The first-order valence-electron chi connectivity index (χ1n) is 13.8. The third kappa shape index (κ3) is 10.8. The highest BCUT2D eigenvalue weighted by Gasteiger charge is 2.08. The molecule has 0 aliphatic carbocycles. The van der Waals surface area contributed by atoms with Gasteiger partial charge in [0.15, 0.2) is 6.61 Å². The van der Waals surface area contributed by atoms with E-state index in [1.165, 1.54) is 22.3 Å². The minimum atomic E-state index is -1.04. The molecular formula is C34H32Cl2O5S2. The predicted molar refractivity (Wildman–Crippen MR) is 177 cm³/mol. The van der Waals surface area contributed by atoms with E-state index in [1.807, 2.05) is 24.3 Å². The van der Waals surface area contributed by atoms with Crippen molar-refractivity contribution < 1.29 is 24.5 Å². The van der Waals surface area contributed by atoms with Crippen molar-refractivity contribution in [1.29, 1.82) is 0 Å². The van der Waals surface area contributed by atoms with Crippen LogP contribution in [0.25, 0.3) is 11.1 Å². The number of hydrogen-bond acceptors (Lipinski definition) is 5. The summed E-state index contributed by atoms with van der Waals surface area (Å²) in [6.07, 6.45) is 3.97. The molecule has 43 heavy (non-hydrogen) atoms. The van der Waals surface area contributed by atoms with Crippen LogP contribution in [0, 0.1) is 0 Å². The summed E-state index contributed by atoms with van der Waals surface area (Å²) in [6, 6.07) is 28.5. The van der Waals surface area contributed by atoms with Crippen LogP contribution < -0.4 is 4.74 Å². The van der Waals surface area contributed by atoms with Crippen LogP contribution in [0.5, 0.6) is 5.75 Å². The van der Waals surface area contributed by atoms with Gasteiger partial charge in [-0.3, -0.25) is 4.79 Å². The van der Waals surface area contributed by atoms with Crippen LogP contribution in [-0.4, -0.2) is 40.3 Å². The molecule has 0 amide bonds. The average molecular weight is 656 g/mol. The van der Waals surface area contributed by atoms with Crippen molar-refractivity contribution in [3.05, 3.63) is 112 Å². The van der Waals surface area contributed by atoms with Gasteiger partial charge in [0.05, 0.1) is 11.4 Å². The first kappa shape index (κ1) is 32.8. The number of carboxylic acids is 2. The van der Waals surface area contributed by atoms with E-state index in [-0.39, 0.29) is 6.42 Å². The largest absolute Gasteiger partial charge is 0.481 e. The van der Waals surface area contributed by atoms with Gasteiger partial charge in [-0.1, -0.05) is 77.8 Å². The summed E-state index contributed by atoms with van der Waals surface area (Å²) >= 11 is 15.9. The van der Waals surface area contributed by atoms with Crippen LogP contribution in [-0.2, 0) is 28.9 Å². The maximum atomic E-state index is 10.9. The lowest BCUT2D eigenvalue weighted by Gasteiger charge is -2.08. The molecule has 4 aromatic rings. The number of aryl methyl sites for hydroxylation is 2. The number of carboxylic acid groups (broad SMARTS) is 2. The fourth-order valence-corrected chi connectivity index (χ4v) is 6.80. The Morgan fingerprint density at radius 3 is 1.63 bits per heavy atom. The lowest BCUT2D eigenvalue weighted by molar-refractivity contribution is -0.139. The topological polar surface area (TPSA) is 83.8 Å². The summed E-state index contributed by atoms with van der Waals surface area (Å²) in [7, 11) is 0. The second kappa shape index (κ2) is 16.7. The highest BCUT2D eigenvalue weighted by Crippen LogP contribution is 2.31. The Labute approximate surface area is 270 Å².